The summed E-state index contributed by atoms with van der Waals surface area (Å²) in [6.07, 6.45) is 0.411. The molecule has 5 nitrogen and oxygen atoms in total. The van der Waals surface area contributed by atoms with Gasteiger partial charge in [-0.25, -0.2) is 9.38 Å². The van der Waals surface area contributed by atoms with Crippen molar-refractivity contribution in [2.45, 2.75) is 19.9 Å². The Morgan fingerprint density at radius 3 is 2.48 bits per heavy atom. The maximum absolute atomic E-state index is 12.8. The first-order chi connectivity index (χ1) is 10.0. The molecule has 0 aromatic heterocycles. The van der Waals surface area contributed by atoms with Gasteiger partial charge in [-0.3, -0.25) is 4.79 Å². The van der Waals surface area contributed by atoms with Crippen LogP contribution in [-0.4, -0.2) is 44.0 Å². The zero-order valence-corrected chi connectivity index (χ0v) is 12.8. The summed E-state index contributed by atoms with van der Waals surface area (Å²) in [4.78, 5) is 17.4. The molecule has 0 unspecified atom stereocenters. The monoisotopic (exact) mass is 294 g/mol. The Hall–Kier alpha value is -2.11. The fraction of sp³-hybridized carbons (Fsp3) is 0.467. The van der Waals surface area contributed by atoms with E-state index in [4.69, 9.17) is 0 Å². The summed E-state index contributed by atoms with van der Waals surface area (Å²) >= 11 is 0. The maximum Gasteiger partial charge on any atom is 0.223 e. The first-order valence-electron chi connectivity index (χ1n) is 6.99. The standard InChI is InChI=1S/C15H23FN4O/c1-4-17-15(18-10-9-14(21)20(2)3)19-11-12-5-7-13(16)8-6-12/h5-8H,4,9-11H2,1-3H3,(H2,17,18,19). The average molecular weight is 294 g/mol. The second kappa shape index (κ2) is 8.94. The number of carbonyl (C=O) groups is 1. The topological polar surface area (TPSA) is 56.7 Å². The fourth-order valence-corrected chi connectivity index (χ4v) is 1.61. The first kappa shape index (κ1) is 16.9. The molecule has 0 saturated heterocycles. The SMILES string of the molecule is CCNC(=NCc1ccc(F)cc1)NCCC(=O)N(C)C. The Kier molecular flexibility index (Phi) is 7.21. The van der Waals surface area contributed by atoms with Crippen molar-refractivity contribution >= 4 is 11.9 Å². The molecule has 0 aliphatic rings. The van der Waals surface area contributed by atoms with Gasteiger partial charge in [0.2, 0.25) is 5.91 Å². The molecular formula is C15H23FN4O. The molecule has 0 aliphatic heterocycles. The van der Waals surface area contributed by atoms with Crippen LogP contribution in [0.5, 0.6) is 0 Å². The number of guanidine groups is 1. The molecular weight excluding hydrogens is 271 g/mol. The summed E-state index contributed by atoms with van der Waals surface area (Å²) < 4.78 is 12.8. The third-order valence-electron chi connectivity index (χ3n) is 2.81. The van der Waals surface area contributed by atoms with Crippen LogP contribution in [0.1, 0.15) is 18.9 Å². The van der Waals surface area contributed by atoms with Gasteiger partial charge >= 0.3 is 0 Å². The molecule has 0 radical (unpaired) electrons. The lowest BCUT2D eigenvalue weighted by Gasteiger charge is -2.13. The number of nitrogens with zero attached hydrogens (tertiary/aromatic N) is 2. The second-order valence-electron chi connectivity index (χ2n) is 4.79. The molecule has 1 amide bonds. The van der Waals surface area contributed by atoms with Crippen molar-refractivity contribution in [3.8, 4) is 0 Å². The first-order valence-corrected chi connectivity index (χ1v) is 6.99. The molecule has 0 atom stereocenters. The molecule has 0 fully saturated rings. The summed E-state index contributed by atoms with van der Waals surface area (Å²) in [7, 11) is 3.46. The number of carbonyl (C=O) groups excluding carboxylic acids is 1. The molecule has 0 saturated carbocycles. The largest absolute Gasteiger partial charge is 0.357 e. The van der Waals surface area contributed by atoms with Crippen LogP contribution in [0, 0.1) is 5.82 Å². The molecule has 0 aliphatic carbocycles. The van der Waals surface area contributed by atoms with Crippen molar-refractivity contribution in [1.82, 2.24) is 15.5 Å². The molecule has 0 spiro atoms. The van der Waals surface area contributed by atoms with Crippen LogP contribution in [0.4, 0.5) is 4.39 Å². The summed E-state index contributed by atoms with van der Waals surface area (Å²) in [5.41, 5.74) is 0.929. The van der Waals surface area contributed by atoms with E-state index in [1.807, 2.05) is 6.92 Å². The van der Waals surface area contributed by atoms with Crippen LogP contribution in [0.25, 0.3) is 0 Å². The van der Waals surface area contributed by atoms with Crippen LogP contribution in [0.2, 0.25) is 0 Å². The normalized spacial score (nSPS) is 11.1. The highest BCUT2D eigenvalue weighted by molar-refractivity contribution is 5.81. The van der Waals surface area contributed by atoms with Crippen LogP contribution >= 0.6 is 0 Å². The highest BCUT2D eigenvalue weighted by atomic mass is 19.1. The third kappa shape index (κ3) is 6.74. The highest BCUT2D eigenvalue weighted by Gasteiger charge is 2.04. The minimum absolute atomic E-state index is 0.0666. The zero-order chi connectivity index (χ0) is 15.7. The molecule has 0 bridgehead atoms. The second-order valence-corrected chi connectivity index (χ2v) is 4.79. The van der Waals surface area contributed by atoms with Gasteiger partial charge in [0.15, 0.2) is 5.96 Å². The van der Waals surface area contributed by atoms with E-state index in [1.54, 1.807) is 31.1 Å². The van der Waals surface area contributed by atoms with E-state index in [-0.39, 0.29) is 11.7 Å². The molecule has 2 N–H and O–H groups in total. The van der Waals surface area contributed by atoms with Crippen molar-refractivity contribution in [2.75, 3.05) is 27.2 Å². The van der Waals surface area contributed by atoms with Crippen molar-refractivity contribution in [3.05, 3.63) is 35.6 Å². The van der Waals surface area contributed by atoms with Crippen LogP contribution in [-0.2, 0) is 11.3 Å². The van der Waals surface area contributed by atoms with Crippen molar-refractivity contribution in [3.63, 3.8) is 0 Å². The van der Waals surface area contributed by atoms with Crippen LogP contribution < -0.4 is 10.6 Å². The van der Waals surface area contributed by atoms with Crippen LogP contribution in [0.3, 0.4) is 0 Å². The summed E-state index contributed by atoms with van der Waals surface area (Å²) in [6.45, 7) is 3.68. The van der Waals surface area contributed by atoms with Gasteiger partial charge in [-0.1, -0.05) is 12.1 Å². The van der Waals surface area contributed by atoms with E-state index >= 15 is 0 Å². The summed E-state index contributed by atoms with van der Waals surface area (Å²) in [6, 6.07) is 6.25. The van der Waals surface area contributed by atoms with Gasteiger partial charge in [0.05, 0.1) is 6.54 Å². The van der Waals surface area contributed by atoms with E-state index in [0.29, 0.717) is 25.5 Å². The van der Waals surface area contributed by atoms with Crippen molar-refractivity contribution in [1.29, 1.82) is 0 Å². The average Bonchev–Trinajstić information content (AvgIpc) is 2.46. The smallest absolute Gasteiger partial charge is 0.223 e. The predicted molar refractivity (Wildman–Crippen MR) is 82.5 cm³/mol. The minimum Gasteiger partial charge on any atom is -0.357 e. The van der Waals surface area contributed by atoms with Gasteiger partial charge in [-0.2, -0.15) is 0 Å². The molecule has 1 rings (SSSR count). The van der Waals surface area contributed by atoms with Crippen molar-refractivity contribution < 1.29 is 9.18 Å². The van der Waals surface area contributed by atoms with Crippen molar-refractivity contribution in [2.24, 2.45) is 4.99 Å². The van der Waals surface area contributed by atoms with E-state index in [1.165, 1.54) is 12.1 Å². The lowest BCUT2D eigenvalue weighted by atomic mass is 10.2. The lowest BCUT2D eigenvalue weighted by molar-refractivity contribution is -0.128. The Morgan fingerprint density at radius 2 is 1.90 bits per heavy atom. The number of benzene rings is 1. The lowest BCUT2D eigenvalue weighted by Crippen LogP contribution is -2.39. The number of rotatable bonds is 6. The zero-order valence-electron chi connectivity index (χ0n) is 12.8. The molecule has 1 aromatic carbocycles. The number of hydrogen-bond acceptors (Lipinski definition) is 2. The Balaban J connectivity index is 2.49. The van der Waals surface area contributed by atoms with Gasteiger partial charge in [0.1, 0.15) is 5.82 Å². The quantitative estimate of drug-likeness (QED) is 0.615. The Morgan fingerprint density at radius 1 is 1.24 bits per heavy atom. The van der Waals surface area contributed by atoms with E-state index in [2.05, 4.69) is 15.6 Å². The minimum atomic E-state index is -0.255. The summed E-state index contributed by atoms with van der Waals surface area (Å²) in [5.74, 6) is 0.459. The van der Waals surface area contributed by atoms with Gasteiger partial charge in [0, 0.05) is 33.6 Å². The number of halogens is 1. The number of nitrogens with one attached hydrogen (secondary N) is 2. The number of amides is 1. The Bertz CT molecular complexity index is 471. The van der Waals surface area contributed by atoms with Gasteiger partial charge < -0.3 is 15.5 Å². The number of aliphatic imine (C=N–C) groups is 1. The summed E-state index contributed by atoms with van der Waals surface area (Å²) in [5, 5.41) is 6.21. The molecule has 21 heavy (non-hydrogen) atoms. The maximum atomic E-state index is 12.8. The van der Waals surface area contributed by atoms with Gasteiger partial charge in [-0.05, 0) is 24.6 Å². The predicted octanol–water partition coefficient (Wildman–Crippen LogP) is 1.36. The Labute approximate surface area is 125 Å². The number of hydrogen-bond donors (Lipinski definition) is 2. The highest BCUT2D eigenvalue weighted by Crippen LogP contribution is 2.03. The molecule has 116 valence electrons. The van der Waals surface area contributed by atoms with Gasteiger partial charge in [-0.15, -0.1) is 0 Å². The van der Waals surface area contributed by atoms with E-state index in [9.17, 15) is 9.18 Å². The third-order valence-corrected chi connectivity index (χ3v) is 2.81. The van der Waals surface area contributed by atoms with E-state index < -0.39 is 0 Å². The van der Waals surface area contributed by atoms with Crippen LogP contribution in [0.15, 0.2) is 29.3 Å². The molecule has 6 heteroatoms. The molecule has 0 heterocycles. The fourth-order valence-electron chi connectivity index (χ4n) is 1.61. The van der Waals surface area contributed by atoms with Gasteiger partial charge in [0.25, 0.3) is 0 Å². The van der Waals surface area contributed by atoms with E-state index in [0.717, 1.165) is 12.1 Å². The molecule has 1 aromatic rings.